The predicted molar refractivity (Wildman–Crippen MR) is 86.1 cm³/mol. The SMILES string of the molecule is CO[Si](OC)(OC)[Si]([Si](OC)(OC)OC)[Si](OC)(OC)OC. The molecule has 0 amide bonds. The third-order valence-electron chi connectivity index (χ3n) is 3.34. The second-order valence-corrected chi connectivity index (χ2v) is 26.2. The Morgan fingerprint density at radius 3 is 0.591 bits per heavy atom. The van der Waals surface area contributed by atoms with Crippen molar-refractivity contribution in [3.05, 3.63) is 0 Å². The van der Waals surface area contributed by atoms with E-state index in [0.29, 0.717) is 0 Å². The van der Waals surface area contributed by atoms with Gasteiger partial charge < -0.3 is 39.8 Å². The van der Waals surface area contributed by atoms with Crippen LogP contribution in [-0.4, -0.2) is 96.3 Å². The van der Waals surface area contributed by atoms with Crippen molar-refractivity contribution in [3.8, 4) is 0 Å². The lowest BCUT2D eigenvalue weighted by atomic mass is 11.8. The molecule has 133 valence electrons. The molecular weight excluding hydrogens is 364 g/mol. The molecule has 0 aromatic rings. The Balaban J connectivity index is 6.42. The summed E-state index contributed by atoms with van der Waals surface area (Å²) in [5, 5.41) is 0. The summed E-state index contributed by atoms with van der Waals surface area (Å²) in [6, 6.07) is 0. The van der Waals surface area contributed by atoms with Gasteiger partial charge in [-0.25, -0.2) is 0 Å². The van der Waals surface area contributed by atoms with Gasteiger partial charge in [-0.05, 0) is 0 Å². The van der Waals surface area contributed by atoms with Crippen LogP contribution in [0.1, 0.15) is 0 Å². The fourth-order valence-electron chi connectivity index (χ4n) is 2.23. The van der Waals surface area contributed by atoms with Gasteiger partial charge >= 0.3 is 32.3 Å². The second-order valence-electron chi connectivity index (χ2n) is 3.88. The molecule has 0 aromatic heterocycles. The standard InChI is InChI=1S/C9H27O9Si4/c1-10-20(11-2,12-3)19(21(13-4,14-5)15-6)22(16-7,17-8)18-9/h1-9H3. The van der Waals surface area contributed by atoms with E-state index < -0.39 is 32.3 Å². The van der Waals surface area contributed by atoms with E-state index in [1.165, 1.54) is 64.0 Å². The average Bonchev–Trinajstić information content (AvgIpc) is 2.60. The lowest BCUT2D eigenvalue weighted by molar-refractivity contribution is 0.120. The molecule has 0 aromatic carbocycles. The van der Waals surface area contributed by atoms with Gasteiger partial charge in [-0.3, -0.25) is 0 Å². The molecule has 22 heavy (non-hydrogen) atoms. The fourth-order valence-corrected chi connectivity index (χ4v) is 42.2. The molecule has 0 aliphatic rings. The van der Waals surface area contributed by atoms with Crippen molar-refractivity contribution >= 4 is 32.3 Å². The normalized spacial score (nSPS) is 13.9. The largest absolute Gasteiger partial charge is 0.479 e. The van der Waals surface area contributed by atoms with E-state index >= 15 is 0 Å². The summed E-state index contributed by atoms with van der Waals surface area (Å²) >= 11 is 0. The summed E-state index contributed by atoms with van der Waals surface area (Å²) < 4.78 is 50.9. The highest BCUT2D eigenvalue weighted by molar-refractivity contribution is 7.74. The Kier molecular flexibility index (Phi) is 9.94. The van der Waals surface area contributed by atoms with Crippen LogP contribution < -0.4 is 0 Å². The Morgan fingerprint density at radius 1 is 0.364 bits per heavy atom. The van der Waals surface area contributed by atoms with Crippen LogP contribution in [0.25, 0.3) is 0 Å². The molecule has 0 N–H and O–H groups in total. The molecule has 13 heteroatoms. The number of hydrogen-bond acceptors (Lipinski definition) is 9. The van der Waals surface area contributed by atoms with Gasteiger partial charge in [0.1, 0.15) is 0 Å². The molecule has 0 saturated carbocycles. The molecule has 0 saturated heterocycles. The van der Waals surface area contributed by atoms with E-state index in [-0.39, 0.29) is 0 Å². The highest BCUT2D eigenvalue weighted by atomic mass is 29.9. The molecular formula is C9H27O9Si4. The van der Waals surface area contributed by atoms with Gasteiger partial charge in [0.05, 0.1) is 0 Å². The zero-order valence-electron chi connectivity index (χ0n) is 14.7. The Bertz CT molecular complexity index is 237. The first-order valence-corrected chi connectivity index (χ1v) is 15.9. The first kappa shape index (κ1) is 22.5. The van der Waals surface area contributed by atoms with Crippen molar-refractivity contribution in [3.63, 3.8) is 0 Å². The molecule has 0 fully saturated rings. The van der Waals surface area contributed by atoms with Crippen LogP contribution in [0.15, 0.2) is 0 Å². The quantitative estimate of drug-likeness (QED) is 0.403. The van der Waals surface area contributed by atoms with Crippen LogP contribution in [-0.2, 0) is 39.8 Å². The van der Waals surface area contributed by atoms with E-state index in [0.717, 1.165) is 0 Å². The van der Waals surface area contributed by atoms with Gasteiger partial charge in [-0.1, -0.05) is 0 Å². The van der Waals surface area contributed by atoms with Crippen molar-refractivity contribution in [2.45, 2.75) is 0 Å². The van der Waals surface area contributed by atoms with Gasteiger partial charge in [0.25, 0.3) is 0 Å². The van der Waals surface area contributed by atoms with Crippen molar-refractivity contribution in [2.75, 3.05) is 64.0 Å². The van der Waals surface area contributed by atoms with Gasteiger partial charge in [0.2, 0.25) is 0 Å². The fraction of sp³-hybridized carbons (Fsp3) is 1.00. The van der Waals surface area contributed by atoms with Gasteiger partial charge in [-0.15, -0.1) is 0 Å². The van der Waals surface area contributed by atoms with Crippen LogP contribution in [0.4, 0.5) is 0 Å². The first-order valence-electron chi connectivity index (χ1n) is 6.26. The summed E-state index contributed by atoms with van der Waals surface area (Å²) in [6.45, 7) is 0. The molecule has 0 atom stereocenters. The molecule has 0 aliphatic carbocycles. The van der Waals surface area contributed by atoms with Crippen LogP contribution in [0.2, 0.25) is 0 Å². The van der Waals surface area contributed by atoms with E-state index in [1.807, 2.05) is 0 Å². The van der Waals surface area contributed by atoms with E-state index in [2.05, 4.69) is 0 Å². The topological polar surface area (TPSA) is 83.1 Å². The minimum Gasteiger partial charge on any atom is -0.380 e. The van der Waals surface area contributed by atoms with Crippen molar-refractivity contribution in [1.82, 2.24) is 0 Å². The van der Waals surface area contributed by atoms with Crippen LogP contribution in [0.3, 0.4) is 0 Å². The van der Waals surface area contributed by atoms with Crippen LogP contribution in [0.5, 0.6) is 0 Å². The van der Waals surface area contributed by atoms with Crippen molar-refractivity contribution in [2.24, 2.45) is 0 Å². The predicted octanol–water partition coefficient (Wildman–Crippen LogP) is -0.649. The zero-order chi connectivity index (χ0) is 17.4. The third kappa shape index (κ3) is 3.77. The molecule has 0 rings (SSSR count). The maximum absolute atomic E-state index is 5.65. The summed E-state index contributed by atoms with van der Waals surface area (Å²) in [5.74, 6) is 0. The first-order chi connectivity index (χ1) is 10.4. The van der Waals surface area contributed by atoms with Crippen LogP contribution >= 0.6 is 0 Å². The van der Waals surface area contributed by atoms with Gasteiger partial charge in [0.15, 0.2) is 0 Å². The van der Waals surface area contributed by atoms with Crippen molar-refractivity contribution in [1.29, 1.82) is 0 Å². The molecule has 0 spiro atoms. The molecule has 9 nitrogen and oxygen atoms in total. The van der Waals surface area contributed by atoms with Gasteiger partial charge in [-0.2, -0.15) is 0 Å². The van der Waals surface area contributed by atoms with Crippen LogP contribution in [0, 0.1) is 0 Å². The lowest BCUT2D eigenvalue weighted by Crippen LogP contribution is -2.85. The minimum atomic E-state index is -3.27. The monoisotopic (exact) mass is 391 g/mol. The maximum Gasteiger partial charge on any atom is 0.479 e. The third-order valence-corrected chi connectivity index (χ3v) is 37.6. The van der Waals surface area contributed by atoms with Gasteiger partial charge in [0, 0.05) is 64.0 Å². The van der Waals surface area contributed by atoms with Crippen molar-refractivity contribution < 1.29 is 39.8 Å². The summed E-state index contributed by atoms with van der Waals surface area (Å²) in [4.78, 5) is 0. The average molecular weight is 392 g/mol. The molecule has 0 bridgehead atoms. The summed E-state index contributed by atoms with van der Waals surface area (Å²) in [5.41, 5.74) is 0. The van der Waals surface area contributed by atoms with E-state index in [9.17, 15) is 0 Å². The molecule has 0 aliphatic heterocycles. The number of rotatable bonds is 12. The Labute approximate surface area is 136 Å². The second kappa shape index (κ2) is 9.72. The number of hydrogen-bond donors (Lipinski definition) is 0. The summed E-state index contributed by atoms with van der Waals surface area (Å²) in [7, 11) is 1.65. The smallest absolute Gasteiger partial charge is 0.380 e. The van der Waals surface area contributed by atoms with E-state index in [1.54, 1.807) is 0 Å². The minimum absolute atomic E-state index is 1.50. The summed E-state index contributed by atoms with van der Waals surface area (Å²) in [6.07, 6.45) is 0. The molecule has 0 unspecified atom stereocenters. The maximum atomic E-state index is 5.65. The zero-order valence-corrected chi connectivity index (χ0v) is 18.7. The highest BCUT2D eigenvalue weighted by Crippen LogP contribution is 2.30. The molecule has 1 radical (unpaired) electrons. The van der Waals surface area contributed by atoms with E-state index in [4.69, 9.17) is 39.8 Å². The lowest BCUT2D eigenvalue weighted by Gasteiger charge is -2.43. The Hall–Kier alpha value is 0.508. The Morgan fingerprint density at radius 2 is 0.500 bits per heavy atom. The molecule has 0 heterocycles. The highest BCUT2D eigenvalue weighted by Gasteiger charge is 2.79.